The van der Waals surface area contributed by atoms with Crippen molar-refractivity contribution in [2.24, 2.45) is 0 Å². The first-order valence-corrected chi connectivity index (χ1v) is 4.08. The van der Waals surface area contributed by atoms with Gasteiger partial charge < -0.3 is 0 Å². The summed E-state index contributed by atoms with van der Waals surface area (Å²) in [6, 6.07) is 0. The Hall–Kier alpha value is -0.801. The first-order chi connectivity index (χ1) is 4.30. The summed E-state index contributed by atoms with van der Waals surface area (Å²) in [7, 11) is 0. The Balaban J connectivity index is 2.68. The van der Waals surface area contributed by atoms with E-state index in [1.807, 2.05) is 4.97 Å². The van der Waals surface area contributed by atoms with Gasteiger partial charge in [0.25, 0.3) is 0 Å². The van der Waals surface area contributed by atoms with Crippen molar-refractivity contribution in [3.05, 3.63) is 33.1 Å². The summed E-state index contributed by atoms with van der Waals surface area (Å²) in [5.74, 6) is 0.0949. The summed E-state index contributed by atoms with van der Waals surface area (Å²) in [5, 5.41) is 10.0. The molecule has 48 valence electrons. The Morgan fingerprint density at radius 3 is 2.89 bits per heavy atom. The van der Waals surface area contributed by atoms with Gasteiger partial charge in [0.15, 0.2) is 0 Å². The zero-order valence-corrected chi connectivity index (χ0v) is 6.12. The van der Waals surface area contributed by atoms with Crippen LogP contribution in [0.1, 0.15) is 0 Å². The molecule has 0 saturated carbocycles. The number of hydrogen-bond donors (Lipinski definition) is 1. The van der Waals surface area contributed by atoms with Crippen LogP contribution in [0.4, 0.5) is 0 Å². The third kappa shape index (κ3) is 1.55. The standard InChI is InChI=1S/C4H4N2O2Se/c7-6(8)4-2-1-3-9-5-4/h1-3,5H. The summed E-state index contributed by atoms with van der Waals surface area (Å²) < 4.78 is 2.66. The summed E-state index contributed by atoms with van der Waals surface area (Å²) >= 11 is 0.0666. The average Bonchev–Trinajstić information content (AvgIpc) is 1.90. The van der Waals surface area contributed by atoms with Crippen LogP contribution in [-0.4, -0.2) is 20.1 Å². The molecule has 1 aliphatic heterocycles. The van der Waals surface area contributed by atoms with E-state index in [4.69, 9.17) is 0 Å². The predicted octanol–water partition coefficient (Wildman–Crippen LogP) is -0.159. The second kappa shape index (κ2) is 2.66. The molecule has 0 aliphatic carbocycles. The zero-order chi connectivity index (χ0) is 6.69. The van der Waals surface area contributed by atoms with Gasteiger partial charge in [0, 0.05) is 0 Å². The van der Waals surface area contributed by atoms with Gasteiger partial charge >= 0.3 is 57.5 Å². The second-order valence-electron chi connectivity index (χ2n) is 1.36. The molecular formula is C4H4N2O2Se. The summed E-state index contributed by atoms with van der Waals surface area (Å²) in [5.41, 5.74) is 0. The van der Waals surface area contributed by atoms with Crippen LogP contribution < -0.4 is 4.33 Å². The molecule has 0 amide bonds. The SMILES string of the molecule is O=[N+]([O-])C1=CC=C[Se]N1. The molecular weight excluding hydrogens is 187 g/mol. The van der Waals surface area contributed by atoms with Gasteiger partial charge in [-0.05, 0) is 0 Å². The van der Waals surface area contributed by atoms with Crippen LogP contribution in [-0.2, 0) is 0 Å². The fourth-order valence-corrected chi connectivity index (χ4v) is 1.42. The number of allylic oxidation sites excluding steroid dienone is 2. The van der Waals surface area contributed by atoms with Crippen LogP contribution in [0, 0.1) is 10.1 Å². The number of hydrogen-bond acceptors (Lipinski definition) is 3. The molecule has 0 aromatic heterocycles. The minimum absolute atomic E-state index is 0.0666. The first-order valence-electron chi connectivity index (χ1n) is 2.23. The predicted molar refractivity (Wildman–Crippen MR) is 33.1 cm³/mol. The molecule has 0 radical (unpaired) electrons. The topological polar surface area (TPSA) is 55.2 Å². The molecule has 0 unspecified atom stereocenters. The van der Waals surface area contributed by atoms with Crippen LogP contribution in [0.15, 0.2) is 22.9 Å². The van der Waals surface area contributed by atoms with Crippen LogP contribution in [0.5, 0.6) is 0 Å². The Kier molecular flexibility index (Phi) is 1.87. The van der Waals surface area contributed by atoms with E-state index >= 15 is 0 Å². The number of nitrogens with one attached hydrogen (secondary N) is 1. The van der Waals surface area contributed by atoms with Gasteiger partial charge in [-0.2, -0.15) is 0 Å². The van der Waals surface area contributed by atoms with E-state index in [1.165, 1.54) is 6.08 Å². The number of rotatable bonds is 1. The molecule has 1 rings (SSSR count). The third-order valence-electron chi connectivity index (χ3n) is 0.761. The van der Waals surface area contributed by atoms with Crippen molar-refractivity contribution in [1.82, 2.24) is 4.33 Å². The van der Waals surface area contributed by atoms with E-state index in [0.29, 0.717) is 0 Å². The van der Waals surface area contributed by atoms with Gasteiger partial charge in [0.05, 0.1) is 0 Å². The summed E-state index contributed by atoms with van der Waals surface area (Å²) in [4.78, 5) is 11.5. The van der Waals surface area contributed by atoms with Crippen molar-refractivity contribution < 1.29 is 4.92 Å². The molecule has 0 atom stereocenters. The van der Waals surface area contributed by atoms with Crippen LogP contribution in [0.25, 0.3) is 0 Å². The maximum absolute atomic E-state index is 10.0. The maximum atomic E-state index is 10.0. The van der Waals surface area contributed by atoms with Crippen LogP contribution in [0.3, 0.4) is 0 Å². The molecule has 1 aliphatic rings. The van der Waals surface area contributed by atoms with Gasteiger partial charge in [0.1, 0.15) is 0 Å². The molecule has 0 spiro atoms. The molecule has 1 N–H and O–H groups in total. The van der Waals surface area contributed by atoms with Crippen molar-refractivity contribution in [3.8, 4) is 0 Å². The summed E-state index contributed by atoms with van der Waals surface area (Å²) in [6.07, 6.45) is 3.14. The zero-order valence-electron chi connectivity index (χ0n) is 4.40. The van der Waals surface area contributed by atoms with Crippen LogP contribution >= 0.6 is 0 Å². The average molecular weight is 191 g/mol. The van der Waals surface area contributed by atoms with Crippen molar-refractivity contribution >= 4 is 15.2 Å². The van der Waals surface area contributed by atoms with E-state index in [2.05, 4.69) is 4.33 Å². The van der Waals surface area contributed by atoms with Gasteiger partial charge in [0.2, 0.25) is 0 Å². The van der Waals surface area contributed by atoms with E-state index in [9.17, 15) is 10.1 Å². The van der Waals surface area contributed by atoms with E-state index in [-0.39, 0.29) is 21.0 Å². The molecule has 9 heavy (non-hydrogen) atoms. The Bertz CT molecular complexity index is 187. The van der Waals surface area contributed by atoms with Gasteiger partial charge in [-0.25, -0.2) is 0 Å². The Morgan fingerprint density at radius 1 is 1.78 bits per heavy atom. The molecule has 0 fully saturated rings. The first kappa shape index (κ1) is 6.32. The van der Waals surface area contributed by atoms with Crippen molar-refractivity contribution in [1.29, 1.82) is 0 Å². The van der Waals surface area contributed by atoms with Crippen molar-refractivity contribution in [2.75, 3.05) is 0 Å². The monoisotopic (exact) mass is 192 g/mol. The van der Waals surface area contributed by atoms with Gasteiger partial charge in [-0.3, -0.25) is 0 Å². The minimum atomic E-state index is -0.425. The van der Waals surface area contributed by atoms with Gasteiger partial charge in [-0.15, -0.1) is 0 Å². The number of nitrogens with zero attached hydrogens (tertiary/aromatic N) is 1. The summed E-state index contributed by atoms with van der Waals surface area (Å²) in [6.45, 7) is 0. The van der Waals surface area contributed by atoms with E-state index in [1.54, 1.807) is 6.08 Å². The quantitative estimate of drug-likeness (QED) is 0.356. The molecule has 1 heterocycles. The normalized spacial score (nSPS) is 16.2. The molecule has 0 saturated heterocycles. The third-order valence-corrected chi connectivity index (χ3v) is 2.06. The van der Waals surface area contributed by atoms with E-state index in [0.717, 1.165) is 0 Å². The van der Waals surface area contributed by atoms with Crippen molar-refractivity contribution in [3.63, 3.8) is 0 Å². The second-order valence-corrected chi connectivity index (χ2v) is 2.85. The van der Waals surface area contributed by atoms with Crippen molar-refractivity contribution in [2.45, 2.75) is 0 Å². The van der Waals surface area contributed by atoms with E-state index < -0.39 is 4.92 Å². The van der Waals surface area contributed by atoms with Gasteiger partial charge in [-0.1, -0.05) is 0 Å². The number of nitro groups is 1. The Labute approximate surface area is 58.1 Å². The fraction of sp³-hybridized carbons (Fsp3) is 0. The fourth-order valence-electron chi connectivity index (χ4n) is 0.396. The van der Waals surface area contributed by atoms with Crippen LogP contribution in [0.2, 0.25) is 0 Å². The molecule has 4 nitrogen and oxygen atoms in total. The molecule has 0 aromatic rings. The molecule has 0 aromatic carbocycles. The Morgan fingerprint density at radius 2 is 2.56 bits per heavy atom. The molecule has 0 bridgehead atoms. The molecule has 5 heteroatoms.